The van der Waals surface area contributed by atoms with Crippen molar-refractivity contribution in [3.05, 3.63) is 100 Å². The molecule has 5 rings (SSSR count). The third kappa shape index (κ3) is 2.16. The van der Waals surface area contributed by atoms with E-state index in [-0.39, 0.29) is 5.56 Å². The number of hydrogen-bond donors (Lipinski definition) is 0. The highest BCUT2D eigenvalue weighted by atomic mass is 16.1. The maximum atomic E-state index is 13.6. The number of nitrogens with zero attached hydrogens (tertiary/aromatic N) is 1. The Bertz CT molecular complexity index is 1400. The van der Waals surface area contributed by atoms with E-state index in [1.54, 1.807) is 0 Å². The number of benzene rings is 3. The van der Waals surface area contributed by atoms with Gasteiger partial charge >= 0.3 is 0 Å². The first-order chi connectivity index (χ1) is 13.2. The highest BCUT2D eigenvalue weighted by molar-refractivity contribution is 6.06. The molecule has 0 saturated carbocycles. The van der Waals surface area contributed by atoms with E-state index in [4.69, 9.17) is 0 Å². The van der Waals surface area contributed by atoms with Crippen molar-refractivity contribution in [2.75, 3.05) is 0 Å². The fourth-order valence-corrected chi connectivity index (χ4v) is 4.30. The molecule has 27 heavy (non-hydrogen) atoms. The quantitative estimate of drug-likeness (QED) is 0.273. The van der Waals surface area contributed by atoms with Crippen LogP contribution in [0.4, 0.5) is 0 Å². The first kappa shape index (κ1) is 15.8. The van der Waals surface area contributed by atoms with Crippen LogP contribution in [0.25, 0.3) is 38.3 Å². The molecular weight excluding hydrogens is 330 g/mol. The van der Waals surface area contributed by atoms with Crippen molar-refractivity contribution in [3.63, 3.8) is 0 Å². The van der Waals surface area contributed by atoms with Crippen molar-refractivity contribution < 1.29 is 0 Å². The lowest BCUT2D eigenvalue weighted by atomic mass is 9.95. The minimum Gasteiger partial charge on any atom is -0.275 e. The average Bonchev–Trinajstić information content (AvgIpc) is 2.72. The zero-order valence-corrected chi connectivity index (χ0v) is 15.4. The molecule has 0 saturated heterocycles. The number of aromatic nitrogens is 1. The highest BCUT2D eigenvalue weighted by Gasteiger charge is 2.18. The fraction of sp³-hybridized carbons (Fsp3) is 0.0800. The fourth-order valence-electron chi connectivity index (χ4n) is 4.30. The second-order valence-corrected chi connectivity index (χ2v) is 7.04. The Labute approximate surface area is 157 Å². The smallest absolute Gasteiger partial charge is 0.263 e. The number of pyridine rings is 2. The van der Waals surface area contributed by atoms with E-state index >= 15 is 0 Å². The number of hydrogen-bond acceptors (Lipinski definition) is 1. The lowest BCUT2D eigenvalue weighted by Gasteiger charge is -2.19. The Kier molecular flexibility index (Phi) is 3.41. The normalized spacial score (nSPS) is 11.5. The maximum absolute atomic E-state index is 13.6. The number of aryl methyl sites for hydroxylation is 2. The summed E-state index contributed by atoms with van der Waals surface area (Å²) in [7, 11) is 0. The van der Waals surface area contributed by atoms with Gasteiger partial charge in [0.25, 0.3) is 5.56 Å². The van der Waals surface area contributed by atoms with Crippen LogP contribution in [-0.2, 0) is 0 Å². The Hall–Kier alpha value is -3.39. The van der Waals surface area contributed by atoms with Crippen molar-refractivity contribution in [1.82, 2.24) is 4.40 Å². The molecule has 2 heteroatoms. The summed E-state index contributed by atoms with van der Waals surface area (Å²) in [6.07, 6.45) is 0. The van der Waals surface area contributed by atoms with Gasteiger partial charge in [-0.1, -0.05) is 72.8 Å². The third-order valence-electron chi connectivity index (χ3n) is 5.56. The molecule has 2 aromatic heterocycles. The van der Waals surface area contributed by atoms with Crippen LogP contribution in [0.15, 0.2) is 83.7 Å². The molecule has 2 heterocycles. The molecule has 0 unspecified atom stereocenters. The van der Waals surface area contributed by atoms with Gasteiger partial charge in [0.2, 0.25) is 0 Å². The van der Waals surface area contributed by atoms with Crippen LogP contribution in [-0.4, -0.2) is 4.40 Å². The van der Waals surface area contributed by atoms with Gasteiger partial charge in [0, 0.05) is 10.8 Å². The lowest BCUT2D eigenvalue weighted by molar-refractivity contribution is 1.11. The highest BCUT2D eigenvalue weighted by Crippen LogP contribution is 2.34. The second kappa shape index (κ2) is 5.82. The van der Waals surface area contributed by atoms with Gasteiger partial charge in [0.15, 0.2) is 0 Å². The summed E-state index contributed by atoms with van der Waals surface area (Å²) in [4.78, 5) is 13.6. The molecule has 130 valence electrons. The molecule has 3 aromatic carbocycles. The first-order valence-electron chi connectivity index (χ1n) is 9.19. The van der Waals surface area contributed by atoms with Crippen LogP contribution in [0.2, 0.25) is 0 Å². The van der Waals surface area contributed by atoms with Crippen LogP contribution < -0.4 is 5.56 Å². The van der Waals surface area contributed by atoms with Gasteiger partial charge in [0.05, 0.1) is 11.2 Å². The predicted molar refractivity (Wildman–Crippen MR) is 114 cm³/mol. The molecule has 0 amide bonds. The van der Waals surface area contributed by atoms with Crippen molar-refractivity contribution in [3.8, 4) is 11.3 Å². The summed E-state index contributed by atoms with van der Waals surface area (Å²) in [6.45, 7) is 4.23. The second-order valence-electron chi connectivity index (χ2n) is 7.04. The largest absolute Gasteiger partial charge is 0.275 e. The monoisotopic (exact) mass is 349 g/mol. The van der Waals surface area contributed by atoms with Gasteiger partial charge in [0.1, 0.15) is 0 Å². The van der Waals surface area contributed by atoms with Crippen molar-refractivity contribution in [1.29, 1.82) is 0 Å². The zero-order chi connectivity index (χ0) is 18.5. The Morgan fingerprint density at radius 2 is 1.11 bits per heavy atom. The molecule has 0 fully saturated rings. The van der Waals surface area contributed by atoms with Gasteiger partial charge in [-0.15, -0.1) is 0 Å². The Morgan fingerprint density at radius 1 is 0.593 bits per heavy atom. The molecule has 0 aliphatic heterocycles. The molecule has 5 aromatic rings. The molecule has 0 aliphatic rings. The molecular formula is C25H19NO. The lowest BCUT2D eigenvalue weighted by Crippen LogP contribution is -2.18. The van der Waals surface area contributed by atoms with E-state index in [1.165, 1.54) is 5.39 Å². The molecule has 0 bridgehead atoms. The van der Waals surface area contributed by atoms with E-state index in [9.17, 15) is 4.79 Å². The third-order valence-corrected chi connectivity index (χ3v) is 5.56. The summed E-state index contributed by atoms with van der Waals surface area (Å²) < 4.78 is 1.92. The van der Waals surface area contributed by atoms with Crippen molar-refractivity contribution in [2.45, 2.75) is 13.8 Å². The molecule has 0 spiro atoms. The van der Waals surface area contributed by atoms with Gasteiger partial charge in [-0.25, -0.2) is 0 Å². The van der Waals surface area contributed by atoms with Crippen molar-refractivity contribution >= 4 is 27.1 Å². The van der Waals surface area contributed by atoms with Crippen LogP contribution >= 0.6 is 0 Å². The zero-order valence-electron chi connectivity index (χ0n) is 15.4. The van der Waals surface area contributed by atoms with Crippen LogP contribution in [0.5, 0.6) is 0 Å². The standard InChI is InChI=1S/C25H19NO/c1-16-19-12-6-8-14-21(19)24-17(2)20-13-7-9-15-22(20)25(27)26(24)23(16)18-10-4-3-5-11-18/h3-15H,1-2H3. The summed E-state index contributed by atoms with van der Waals surface area (Å²) in [5, 5.41) is 4.10. The molecule has 2 nitrogen and oxygen atoms in total. The van der Waals surface area contributed by atoms with E-state index in [2.05, 4.69) is 44.2 Å². The summed E-state index contributed by atoms with van der Waals surface area (Å²) >= 11 is 0. The van der Waals surface area contributed by atoms with Gasteiger partial charge in [-0.05, 0) is 47.4 Å². The summed E-state index contributed by atoms with van der Waals surface area (Å²) in [5.74, 6) is 0. The summed E-state index contributed by atoms with van der Waals surface area (Å²) in [5.41, 5.74) is 5.34. The van der Waals surface area contributed by atoms with E-state index < -0.39 is 0 Å². The van der Waals surface area contributed by atoms with Crippen LogP contribution in [0.3, 0.4) is 0 Å². The van der Waals surface area contributed by atoms with Gasteiger partial charge in [-0.3, -0.25) is 9.20 Å². The minimum absolute atomic E-state index is 0.0407. The van der Waals surface area contributed by atoms with Crippen LogP contribution in [0, 0.1) is 13.8 Å². The first-order valence-corrected chi connectivity index (χ1v) is 9.19. The van der Waals surface area contributed by atoms with E-state index in [0.29, 0.717) is 0 Å². The number of rotatable bonds is 1. The van der Waals surface area contributed by atoms with Crippen molar-refractivity contribution in [2.24, 2.45) is 0 Å². The Balaban J connectivity index is 2.18. The SMILES string of the molecule is Cc1c(-c2ccccc2)n2c(=O)c3ccccc3c(C)c2c2ccccc12. The van der Waals surface area contributed by atoms with Gasteiger partial charge in [-0.2, -0.15) is 0 Å². The minimum atomic E-state index is 0.0407. The molecule has 0 atom stereocenters. The molecule has 0 N–H and O–H groups in total. The van der Waals surface area contributed by atoms with Gasteiger partial charge < -0.3 is 0 Å². The average molecular weight is 349 g/mol. The molecule has 0 radical (unpaired) electrons. The molecule has 0 aliphatic carbocycles. The Morgan fingerprint density at radius 3 is 1.78 bits per heavy atom. The predicted octanol–water partition coefficient (Wildman–Crippen LogP) is 5.89. The van der Waals surface area contributed by atoms with E-state index in [0.717, 1.165) is 44.1 Å². The maximum Gasteiger partial charge on any atom is 0.263 e. The van der Waals surface area contributed by atoms with E-state index in [1.807, 2.05) is 52.9 Å². The number of fused-ring (bicyclic) bond motifs is 4. The van der Waals surface area contributed by atoms with Crippen LogP contribution in [0.1, 0.15) is 11.1 Å². The topological polar surface area (TPSA) is 21.5 Å². The summed E-state index contributed by atoms with van der Waals surface area (Å²) in [6, 6.07) is 26.5.